The molecule has 1 saturated heterocycles. The predicted octanol–water partition coefficient (Wildman–Crippen LogP) is 4.86. The number of piperidine rings is 1. The highest BCUT2D eigenvalue weighted by molar-refractivity contribution is 5.62. The van der Waals surface area contributed by atoms with Gasteiger partial charge in [-0.05, 0) is 49.8 Å². The molecule has 0 amide bonds. The van der Waals surface area contributed by atoms with Gasteiger partial charge in [-0.2, -0.15) is 0 Å². The highest BCUT2D eigenvalue weighted by Crippen LogP contribution is 2.30. The van der Waals surface area contributed by atoms with E-state index in [4.69, 9.17) is 0 Å². The van der Waals surface area contributed by atoms with E-state index in [1.54, 1.807) is 0 Å². The highest BCUT2D eigenvalue weighted by atomic mass is 16.1. The summed E-state index contributed by atoms with van der Waals surface area (Å²) in [4.78, 5) is 18.3. The lowest BCUT2D eigenvalue weighted by Gasteiger charge is -2.33. The average Bonchev–Trinajstić information content (AvgIpc) is 3.04. The summed E-state index contributed by atoms with van der Waals surface area (Å²) in [6, 6.07) is 17.5. The van der Waals surface area contributed by atoms with Crippen molar-refractivity contribution in [3.63, 3.8) is 0 Å². The second kappa shape index (κ2) is 8.42. The minimum absolute atomic E-state index is 0.0226. The molecule has 4 heteroatoms. The summed E-state index contributed by atoms with van der Waals surface area (Å²) in [5, 5.41) is 0. The van der Waals surface area contributed by atoms with E-state index in [0.29, 0.717) is 0 Å². The first-order chi connectivity index (χ1) is 14.1. The van der Waals surface area contributed by atoms with Crippen molar-refractivity contribution in [2.75, 3.05) is 13.1 Å². The second-order valence-corrected chi connectivity index (χ2v) is 8.26. The highest BCUT2D eigenvalue weighted by Gasteiger charge is 2.25. The van der Waals surface area contributed by atoms with Crippen LogP contribution in [0.5, 0.6) is 0 Å². The van der Waals surface area contributed by atoms with Gasteiger partial charge in [0.05, 0.1) is 5.69 Å². The SMILES string of the molecule is CCc1ccc(-c2c(C)[nH]c(=O)n2C2CCN(Cc3ccccc3C)CC2)cc1. The number of nitrogens with one attached hydrogen (secondary N) is 1. The van der Waals surface area contributed by atoms with Crippen molar-refractivity contribution in [3.05, 3.63) is 81.4 Å². The number of likely N-dealkylation sites (tertiary alicyclic amines) is 1. The molecule has 1 fully saturated rings. The molecule has 0 spiro atoms. The molecule has 0 bridgehead atoms. The third-order valence-electron chi connectivity index (χ3n) is 6.32. The van der Waals surface area contributed by atoms with Crippen LogP contribution in [0.25, 0.3) is 11.3 Å². The van der Waals surface area contributed by atoms with Gasteiger partial charge in [-0.3, -0.25) is 9.47 Å². The largest absolute Gasteiger partial charge is 0.326 e. The standard InChI is InChI=1S/C25H31N3O/c1-4-20-9-11-21(12-10-20)24-19(3)26-25(29)28(24)23-13-15-27(16-14-23)17-22-8-6-5-7-18(22)2/h5-12,23H,4,13-17H2,1-3H3,(H,26,29). The molecule has 1 aromatic heterocycles. The van der Waals surface area contributed by atoms with Gasteiger partial charge in [-0.25, -0.2) is 4.79 Å². The van der Waals surface area contributed by atoms with Crippen LogP contribution in [-0.4, -0.2) is 27.5 Å². The van der Waals surface area contributed by atoms with Gasteiger partial charge in [0, 0.05) is 36.9 Å². The monoisotopic (exact) mass is 389 g/mol. The lowest BCUT2D eigenvalue weighted by molar-refractivity contribution is 0.178. The number of aryl methyl sites for hydroxylation is 3. The van der Waals surface area contributed by atoms with Gasteiger partial charge in [0.2, 0.25) is 0 Å². The lowest BCUT2D eigenvalue weighted by Crippen LogP contribution is -2.37. The number of nitrogens with zero attached hydrogens (tertiary/aromatic N) is 2. The maximum atomic E-state index is 12.8. The van der Waals surface area contributed by atoms with Crippen molar-refractivity contribution in [1.82, 2.24) is 14.5 Å². The van der Waals surface area contributed by atoms with E-state index in [0.717, 1.165) is 55.8 Å². The first-order valence-electron chi connectivity index (χ1n) is 10.7. The molecule has 1 N–H and O–H groups in total. The fourth-order valence-electron chi connectivity index (χ4n) is 4.53. The molecule has 0 atom stereocenters. The number of aromatic nitrogens is 2. The van der Waals surface area contributed by atoms with Crippen LogP contribution < -0.4 is 5.69 Å². The molecule has 29 heavy (non-hydrogen) atoms. The van der Waals surface area contributed by atoms with E-state index >= 15 is 0 Å². The summed E-state index contributed by atoms with van der Waals surface area (Å²) in [5.74, 6) is 0. The van der Waals surface area contributed by atoms with Gasteiger partial charge in [-0.1, -0.05) is 55.5 Å². The fraction of sp³-hybridized carbons (Fsp3) is 0.400. The van der Waals surface area contributed by atoms with Crippen LogP contribution in [0.2, 0.25) is 0 Å². The molecule has 4 nitrogen and oxygen atoms in total. The van der Waals surface area contributed by atoms with E-state index in [-0.39, 0.29) is 11.7 Å². The first kappa shape index (κ1) is 19.7. The number of aromatic amines is 1. The zero-order valence-corrected chi connectivity index (χ0v) is 17.7. The average molecular weight is 390 g/mol. The fourth-order valence-corrected chi connectivity index (χ4v) is 4.53. The number of H-pyrrole nitrogens is 1. The molecule has 1 aliphatic heterocycles. The normalized spacial score (nSPS) is 15.7. The maximum absolute atomic E-state index is 12.8. The first-order valence-corrected chi connectivity index (χ1v) is 10.7. The number of rotatable bonds is 5. The molecule has 4 rings (SSSR count). The van der Waals surface area contributed by atoms with Gasteiger partial charge in [0.15, 0.2) is 0 Å². The third kappa shape index (κ3) is 4.08. The molecular formula is C25H31N3O. The van der Waals surface area contributed by atoms with Gasteiger partial charge in [0.1, 0.15) is 0 Å². The Morgan fingerprint density at radius 1 is 1.00 bits per heavy atom. The molecule has 2 aromatic carbocycles. The van der Waals surface area contributed by atoms with E-state index in [1.165, 1.54) is 16.7 Å². The Kier molecular flexibility index (Phi) is 5.72. The Bertz CT molecular complexity index is 1020. The van der Waals surface area contributed by atoms with Crippen molar-refractivity contribution in [1.29, 1.82) is 0 Å². The number of hydrogen-bond donors (Lipinski definition) is 1. The number of imidazole rings is 1. The summed E-state index contributed by atoms with van der Waals surface area (Å²) < 4.78 is 2.02. The second-order valence-electron chi connectivity index (χ2n) is 8.26. The number of hydrogen-bond acceptors (Lipinski definition) is 2. The molecule has 0 saturated carbocycles. The Morgan fingerprint density at radius 2 is 1.69 bits per heavy atom. The molecule has 0 aliphatic carbocycles. The van der Waals surface area contributed by atoms with Gasteiger partial charge in [-0.15, -0.1) is 0 Å². The minimum atomic E-state index is 0.0226. The molecule has 152 valence electrons. The summed E-state index contributed by atoms with van der Waals surface area (Å²) in [7, 11) is 0. The van der Waals surface area contributed by atoms with Crippen LogP contribution in [0.4, 0.5) is 0 Å². The van der Waals surface area contributed by atoms with E-state index in [1.807, 2.05) is 11.5 Å². The molecule has 3 aromatic rings. The Morgan fingerprint density at radius 3 is 2.34 bits per heavy atom. The lowest BCUT2D eigenvalue weighted by atomic mass is 10.0. The predicted molar refractivity (Wildman–Crippen MR) is 119 cm³/mol. The van der Waals surface area contributed by atoms with Gasteiger partial charge in [0.25, 0.3) is 0 Å². The van der Waals surface area contributed by atoms with Crippen LogP contribution in [0.3, 0.4) is 0 Å². The van der Waals surface area contributed by atoms with E-state index in [2.05, 4.69) is 72.3 Å². The smallest absolute Gasteiger partial charge is 0.309 e. The Balaban J connectivity index is 1.53. The maximum Gasteiger partial charge on any atom is 0.326 e. The van der Waals surface area contributed by atoms with E-state index in [9.17, 15) is 4.79 Å². The summed E-state index contributed by atoms with van der Waals surface area (Å²) in [5.41, 5.74) is 7.23. The molecule has 2 heterocycles. The molecule has 0 unspecified atom stereocenters. The van der Waals surface area contributed by atoms with Crippen LogP contribution in [0.1, 0.15) is 48.2 Å². The summed E-state index contributed by atoms with van der Waals surface area (Å²) >= 11 is 0. The van der Waals surface area contributed by atoms with Crippen molar-refractivity contribution in [2.24, 2.45) is 0 Å². The minimum Gasteiger partial charge on any atom is -0.309 e. The molecular weight excluding hydrogens is 358 g/mol. The summed E-state index contributed by atoms with van der Waals surface area (Å²) in [6.07, 6.45) is 3.03. The molecule has 0 radical (unpaired) electrons. The topological polar surface area (TPSA) is 41.0 Å². The van der Waals surface area contributed by atoms with Crippen molar-refractivity contribution in [2.45, 2.75) is 52.6 Å². The van der Waals surface area contributed by atoms with Crippen molar-refractivity contribution >= 4 is 0 Å². The van der Waals surface area contributed by atoms with Crippen LogP contribution >= 0.6 is 0 Å². The van der Waals surface area contributed by atoms with Crippen LogP contribution in [-0.2, 0) is 13.0 Å². The van der Waals surface area contributed by atoms with E-state index < -0.39 is 0 Å². The third-order valence-corrected chi connectivity index (χ3v) is 6.32. The molecule has 1 aliphatic rings. The van der Waals surface area contributed by atoms with Crippen molar-refractivity contribution in [3.8, 4) is 11.3 Å². The zero-order chi connectivity index (χ0) is 20.4. The summed E-state index contributed by atoms with van der Waals surface area (Å²) in [6.45, 7) is 9.38. The van der Waals surface area contributed by atoms with Crippen LogP contribution in [0.15, 0.2) is 53.3 Å². The Labute approximate surface area is 173 Å². The van der Waals surface area contributed by atoms with Gasteiger partial charge < -0.3 is 4.98 Å². The zero-order valence-electron chi connectivity index (χ0n) is 17.7. The Hall–Kier alpha value is -2.59. The van der Waals surface area contributed by atoms with Gasteiger partial charge >= 0.3 is 5.69 Å². The van der Waals surface area contributed by atoms with Crippen LogP contribution in [0, 0.1) is 13.8 Å². The number of benzene rings is 2. The van der Waals surface area contributed by atoms with Crippen molar-refractivity contribution < 1.29 is 0 Å². The quantitative estimate of drug-likeness (QED) is 0.677.